The second-order valence-corrected chi connectivity index (χ2v) is 4.45. The number of pyridine rings is 1. The fourth-order valence-electron chi connectivity index (χ4n) is 1.41. The van der Waals surface area contributed by atoms with E-state index in [-0.39, 0.29) is 29.2 Å². The third-order valence-electron chi connectivity index (χ3n) is 2.45. The molecule has 1 rings (SSSR count). The van der Waals surface area contributed by atoms with E-state index in [1.54, 1.807) is 6.92 Å². The average Bonchev–Trinajstić information content (AvgIpc) is 2.36. The van der Waals surface area contributed by atoms with Crippen molar-refractivity contribution in [2.75, 3.05) is 0 Å². The number of carbonyl (C=O) groups is 2. The maximum absolute atomic E-state index is 11.9. The fourth-order valence-corrected chi connectivity index (χ4v) is 1.60. The summed E-state index contributed by atoms with van der Waals surface area (Å²) >= 11 is 5.72. The smallest absolute Gasteiger partial charge is 0.303 e. The summed E-state index contributed by atoms with van der Waals surface area (Å²) in [5.74, 6) is -1.61. The zero-order valence-electron chi connectivity index (χ0n) is 10.5. The van der Waals surface area contributed by atoms with Crippen LogP contribution in [-0.4, -0.2) is 32.9 Å². The normalized spacial score (nSPS) is 11.7. The highest BCUT2D eigenvalue weighted by Crippen LogP contribution is 2.19. The zero-order chi connectivity index (χ0) is 15.3. The first-order valence-corrected chi connectivity index (χ1v) is 6.01. The van der Waals surface area contributed by atoms with Crippen LogP contribution in [-0.2, 0) is 4.79 Å². The number of nitro groups is 1. The molecule has 0 saturated heterocycles. The number of nitrogens with one attached hydrogen (secondary N) is 1. The summed E-state index contributed by atoms with van der Waals surface area (Å²) in [7, 11) is 0. The molecular weight excluding hydrogens is 290 g/mol. The van der Waals surface area contributed by atoms with Crippen LogP contribution in [0.25, 0.3) is 0 Å². The van der Waals surface area contributed by atoms with E-state index in [1.807, 2.05) is 0 Å². The molecule has 0 aliphatic rings. The number of hydrogen-bond donors (Lipinski definition) is 2. The highest BCUT2D eigenvalue weighted by atomic mass is 35.5. The molecule has 2 N–H and O–H groups in total. The molecule has 8 nitrogen and oxygen atoms in total. The van der Waals surface area contributed by atoms with Crippen LogP contribution in [0.1, 0.15) is 30.1 Å². The van der Waals surface area contributed by atoms with Crippen LogP contribution in [0, 0.1) is 10.1 Å². The first kappa shape index (κ1) is 15.8. The van der Waals surface area contributed by atoms with Gasteiger partial charge in [0.25, 0.3) is 11.6 Å². The first-order valence-electron chi connectivity index (χ1n) is 5.64. The molecule has 0 aliphatic heterocycles. The van der Waals surface area contributed by atoms with E-state index in [0.717, 1.165) is 12.3 Å². The number of nitrogens with zero attached hydrogens (tertiary/aromatic N) is 2. The third-order valence-corrected chi connectivity index (χ3v) is 2.75. The van der Waals surface area contributed by atoms with Crippen molar-refractivity contribution < 1.29 is 19.6 Å². The highest BCUT2D eigenvalue weighted by molar-refractivity contribution is 6.32. The summed E-state index contributed by atoms with van der Waals surface area (Å²) in [4.78, 5) is 35.8. The van der Waals surface area contributed by atoms with Crippen molar-refractivity contribution in [3.8, 4) is 0 Å². The highest BCUT2D eigenvalue weighted by Gasteiger charge is 2.18. The van der Waals surface area contributed by atoms with Crippen molar-refractivity contribution in [3.05, 3.63) is 33.1 Å². The molecule has 20 heavy (non-hydrogen) atoms. The van der Waals surface area contributed by atoms with Gasteiger partial charge in [-0.2, -0.15) is 0 Å². The lowest BCUT2D eigenvalue weighted by molar-refractivity contribution is -0.385. The SMILES string of the molecule is CC(CCC(=O)O)NC(=O)c1cc([N+](=O)[O-])cnc1Cl. The van der Waals surface area contributed by atoms with Gasteiger partial charge in [0.1, 0.15) is 11.3 Å². The van der Waals surface area contributed by atoms with Crippen molar-refractivity contribution in [2.45, 2.75) is 25.8 Å². The van der Waals surface area contributed by atoms with Crippen LogP contribution >= 0.6 is 11.6 Å². The van der Waals surface area contributed by atoms with Crippen LogP contribution in [0.5, 0.6) is 0 Å². The van der Waals surface area contributed by atoms with Gasteiger partial charge >= 0.3 is 5.97 Å². The van der Waals surface area contributed by atoms with Crippen LogP contribution in [0.2, 0.25) is 5.15 Å². The zero-order valence-corrected chi connectivity index (χ0v) is 11.3. The second kappa shape index (κ2) is 6.80. The Morgan fingerprint density at radius 1 is 1.60 bits per heavy atom. The quantitative estimate of drug-likeness (QED) is 0.467. The number of aromatic nitrogens is 1. The Kier molecular flexibility index (Phi) is 5.39. The third kappa shape index (κ3) is 4.47. The van der Waals surface area contributed by atoms with Crippen molar-refractivity contribution in [3.63, 3.8) is 0 Å². The molecule has 1 amide bonds. The van der Waals surface area contributed by atoms with Crippen LogP contribution < -0.4 is 5.32 Å². The molecule has 0 radical (unpaired) electrons. The van der Waals surface area contributed by atoms with E-state index in [1.165, 1.54) is 0 Å². The number of amides is 1. The van der Waals surface area contributed by atoms with Crippen LogP contribution in [0.15, 0.2) is 12.3 Å². The van der Waals surface area contributed by atoms with E-state index in [4.69, 9.17) is 16.7 Å². The Labute approximate surface area is 118 Å². The summed E-state index contributed by atoms with van der Waals surface area (Å²) < 4.78 is 0. The molecule has 1 aromatic rings. The summed E-state index contributed by atoms with van der Waals surface area (Å²) in [6, 6.07) is 0.614. The lowest BCUT2D eigenvalue weighted by Gasteiger charge is -2.13. The Hall–Kier alpha value is -2.22. The topological polar surface area (TPSA) is 122 Å². The maximum atomic E-state index is 11.9. The van der Waals surface area contributed by atoms with Crippen LogP contribution in [0.3, 0.4) is 0 Å². The number of hydrogen-bond acceptors (Lipinski definition) is 5. The first-order chi connectivity index (χ1) is 9.31. The molecular formula is C11H12ClN3O5. The van der Waals surface area contributed by atoms with E-state index in [9.17, 15) is 19.7 Å². The van der Waals surface area contributed by atoms with Gasteiger partial charge in [0.15, 0.2) is 0 Å². The molecule has 0 bridgehead atoms. The van der Waals surface area contributed by atoms with Crippen molar-refractivity contribution in [1.29, 1.82) is 0 Å². The van der Waals surface area contributed by atoms with Gasteiger partial charge in [0.2, 0.25) is 0 Å². The molecule has 1 atom stereocenters. The van der Waals surface area contributed by atoms with Gasteiger partial charge in [0.05, 0.1) is 10.5 Å². The number of rotatable bonds is 6. The Balaban J connectivity index is 2.79. The summed E-state index contributed by atoms with van der Waals surface area (Å²) in [6.07, 6.45) is 1.09. The van der Waals surface area contributed by atoms with E-state index in [2.05, 4.69) is 10.3 Å². The number of aliphatic carboxylic acids is 1. The lowest BCUT2D eigenvalue weighted by Crippen LogP contribution is -2.33. The second-order valence-electron chi connectivity index (χ2n) is 4.10. The van der Waals surface area contributed by atoms with Crippen LogP contribution in [0.4, 0.5) is 5.69 Å². The largest absolute Gasteiger partial charge is 0.481 e. The van der Waals surface area contributed by atoms with Gasteiger partial charge in [-0.05, 0) is 13.3 Å². The van der Waals surface area contributed by atoms with Gasteiger partial charge in [-0.3, -0.25) is 19.7 Å². The Bertz CT molecular complexity index is 549. The summed E-state index contributed by atoms with van der Waals surface area (Å²) in [5.41, 5.74) is -0.471. The molecule has 1 aromatic heterocycles. The van der Waals surface area contributed by atoms with E-state index >= 15 is 0 Å². The van der Waals surface area contributed by atoms with Crippen molar-refractivity contribution >= 4 is 29.2 Å². The molecule has 0 saturated carbocycles. The van der Waals surface area contributed by atoms with Gasteiger partial charge in [-0.15, -0.1) is 0 Å². The van der Waals surface area contributed by atoms with Gasteiger partial charge in [0, 0.05) is 18.5 Å². The molecule has 1 unspecified atom stereocenters. The number of halogens is 1. The number of carboxylic acids is 1. The van der Waals surface area contributed by atoms with Crippen molar-refractivity contribution in [1.82, 2.24) is 10.3 Å². The predicted octanol–water partition coefficient (Wildman–Crippen LogP) is 1.63. The standard InChI is InChI=1S/C11H12ClN3O5/c1-6(2-3-9(16)17)14-11(18)8-4-7(15(19)20)5-13-10(8)12/h4-6H,2-3H2,1H3,(H,14,18)(H,16,17). The summed E-state index contributed by atoms with van der Waals surface area (Å²) in [5, 5.41) is 21.5. The molecule has 1 heterocycles. The average molecular weight is 302 g/mol. The number of carbonyl (C=O) groups excluding carboxylic acids is 1. The maximum Gasteiger partial charge on any atom is 0.303 e. The minimum absolute atomic E-state index is 0.0949. The molecule has 108 valence electrons. The van der Waals surface area contributed by atoms with E-state index < -0.39 is 22.8 Å². The minimum Gasteiger partial charge on any atom is -0.481 e. The minimum atomic E-state index is -0.971. The Morgan fingerprint density at radius 3 is 2.80 bits per heavy atom. The van der Waals surface area contributed by atoms with Crippen molar-refractivity contribution in [2.24, 2.45) is 0 Å². The monoisotopic (exact) mass is 301 g/mol. The van der Waals surface area contributed by atoms with Gasteiger partial charge in [-0.1, -0.05) is 11.6 Å². The lowest BCUT2D eigenvalue weighted by atomic mass is 10.1. The van der Waals surface area contributed by atoms with Gasteiger partial charge < -0.3 is 10.4 Å². The predicted molar refractivity (Wildman–Crippen MR) is 69.7 cm³/mol. The molecule has 0 spiro atoms. The Morgan fingerprint density at radius 2 is 2.25 bits per heavy atom. The molecule has 0 fully saturated rings. The van der Waals surface area contributed by atoms with E-state index in [0.29, 0.717) is 0 Å². The molecule has 0 aromatic carbocycles. The summed E-state index contributed by atoms with van der Waals surface area (Å²) in [6.45, 7) is 1.62. The fraction of sp³-hybridized carbons (Fsp3) is 0.364. The molecule has 9 heteroatoms. The van der Waals surface area contributed by atoms with Gasteiger partial charge in [-0.25, -0.2) is 4.98 Å². The number of carboxylic acid groups (broad SMARTS) is 1. The molecule has 0 aliphatic carbocycles.